The number of H-pyrrole nitrogens is 1. The fourth-order valence-corrected chi connectivity index (χ4v) is 4.39. The Morgan fingerprint density at radius 3 is 3.07 bits per heavy atom. The van der Waals surface area contributed by atoms with Gasteiger partial charge in [-0.1, -0.05) is 11.8 Å². The molecule has 0 spiro atoms. The zero-order valence-electron chi connectivity index (χ0n) is 14.1. The van der Waals surface area contributed by atoms with Crippen LogP contribution in [0.2, 0.25) is 0 Å². The predicted octanol–water partition coefficient (Wildman–Crippen LogP) is 1.57. The van der Waals surface area contributed by atoms with E-state index in [2.05, 4.69) is 20.5 Å². The lowest BCUT2D eigenvalue weighted by atomic mass is 10.2. The first-order valence-corrected chi connectivity index (χ1v) is 9.45. The molecule has 10 heteroatoms. The number of fused-ring (bicyclic) bond motifs is 3. The molecule has 1 unspecified atom stereocenters. The van der Waals surface area contributed by atoms with E-state index in [0.29, 0.717) is 52.3 Å². The number of hydrogen-bond acceptors (Lipinski definition) is 7. The van der Waals surface area contributed by atoms with E-state index >= 15 is 0 Å². The van der Waals surface area contributed by atoms with Crippen LogP contribution in [0.15, 0.2) is 34.3 Å². The lowest BCUT2D eigenvalue weighted by Crippen LogP contribution is -2.27. The van der Waals surface area contributed by atoms with Gasteiger partial charge in [0, 0.05) is 23.9 Å². The molecule has 3 aromatic rings. The van der Waals surface area contributed by atoms with E-state index in [-0.39, 0.29) is 23.9 Å². The second kappa shape index (κ2) is 6.31. The lowest BCUT2D eigenvalue weighted by Gasteiger charge is -2.19. The summed E-state index contributed by atoms with van der Waals surface area (Å²) in [4.78, 5) is 29.6. The van der Waals surface area contributed by atoms with Gasteiger partial charge >= 0.3 is 0 Å². The largest absolute Gasteiger partial charge is 0.486 e. The van der Waals surface area contributed by atoms with Gasteiger partial charge in [0.05, 0.1) is 12.2 Å². The Hall–Kier alpha value is -3.01. The molecule has 1 atom stereocenters. The third kappa shape index (κ3) is 2.81. The predicted molar refractivity (Wildman–Crippen MR) is 98.6 cm³/mol. The summed E-state index contributed by atoms with van der Waals surface area (Å²) in [6.45, 7) is 1.00. The van der Waals surface area contributed by atoms with E-state index in [9.17, 15) is 9.59 Å². The number of ether oxygens (including phenoxy) is 2. The highest BCUT2D eigenvalue weighted by atomic mass is 32.2. The van der Waals surface area contributed by atoms with Crippen LogP contribution >= 0.6 is 11.8 Å². The molecule has 2 aliphatic rings. The average molecular weight is 385 g/mol. The van der Waals surface area contributed by atoms with Crippen molar-refractivity contribution in [2.24, 2.45) is 0 Å². The second-order valence-corrected chi connectivity index (χ2v) is 7.26. The summed E-state index contributed by atoms with van der Waals surface area (Å²) >= 11 is 1.46. The zero-order valence-corrected chi connectivity index (χ0v) is 14.9. The first-order chi connectivity index (χ1) is 13.2. The summed E-state index contributed by atoms with van der Waals surface area (Å²) in [6.07, 6.45) is 1.65. The molecule has 0 radical (unpaired) electrons. The number of anilines is 1. The number of carbonyl (C=O) groups is 1. The molecule has 4 heterocycles. The van der Waals surface area contributed by atoms with Crippen molar-refractivity contribution in [2.45, 2.75) is 17.6 Å². The van der Waals surface area contributed by atoms with Crippen LogP contribution in [0.4, 0.5) is 5.69 Å². The molecule has 27 heavy (non-hydrogen) atoms. The quantitative estimate of drug-likeness (QED) is 0.658. The minimum Gasteiger partial charge on any atom is -0.486 e. The van der Waals surface area contributed by atoms with Crippen molar-refractivity contribution in [3.8, 4) is 11.5 Å². The number of aromatic amines is 1. The molecule has 1 aromatic carbocycles. The van der Waals surface area contributed by atoms with Crippen LogP contribution in [0.25, 0.3) is 11.0 Å². The van der Waals surface area contributed by atoms with Crippen molar-refractivity contribution in [3.05, 3.63) is 34.7 Å². The van der Waals surface area contributed by atoms with Crippen molar-refractivity contribution in [2.75, 3.05) is 24.3 Å². The number of aromatic nitrogens is 4. The van der Waals surface area contributed by atoms with Gasteiger partial charge in [0.25, 0.3) is 5.56 Å². The topological polar surface area (TPSA) is 111 Å². The minimum absolute atomic E-state index is 0.175. The molecule has 2 aromatic heterocycles. The molecule has 0 saturated carbocycles. The highest BCUT2D eigenvalue weighted by Gasteiger charge is 2.29. The number of hydrogen-bond donors (Lipinski definition) is 2. The summed E-state index contributed by atoms with van der Waals surface area (Å²) in [5, 5.41) is 10.5. The third-order valence-electron chi connectivity index (χ3n) is 4.50. The van der Waals surface area contributed by atoms with Gasteiger partial charge in [-0.3, -0.25) is 19.3 Å². The van der Waals surface area contributed by atoms with E-state index in [1.165, 1.54) is 18.0 Å². The van der Waals surface area contributed by atoms with Gasteiger partial charge in [-0.2, -0.15) is 5.10 Å². The van der Waals surface area contributed by atoms with Gasteiger partial charge in [0.1, 0.15) is 18.6 Å². The molecule has 0 saturated heterocycles. The van der Waals surface area contributed by atoms with Crippen LogP contribution in [0.3, 0.4) is 0 Å². The van der Waals surface area contributed by atoms with E-state index < -0.39 is 0 Å². The number of thioether (sulfide) groups is 1. The molecule has 9 nitrogen and oxygen atoms in total. The van der Waals surface area contributed by atoms with Crippen molar-refractivity contribution in [1.29, 1.82) is 0 Å². The van der Waals surface area contributed by atoms with Crippen molar-refractivity contribution in [3.63, 3.8) is 0 Å². The van der Waals surface area contributed by atoms with Crippen LogP contribution < -0.4 is 20.3 Å². The maximum atomic E-state index is 12.7. The first kappa shape index (κ1) is 16.2. The molecule has 2 aliphatic heterocycles. The van der Waals surface area contributed by atoms with Crippen molar-refractivity contribution < 1.29 is 14.3 Å². The Bertz CT molecular complexity index is 1110. The van der Waals surface area contributed by atoms with Crippen molar-refractivity contribution >= 4 is 34.4 Å². The Labute approximate surface area is 157 Å². The van der Waals surface area contributed by atoms with E-state index in [1.54, 1.807) is 22.8 Å². The van der Waals surface area contributed by atoms with Gasteiger partial charge < -0.3 is 14.8 Å². The number of rotatable bonds is 3. The van der Waals surface area contributed by atoms with Gasteiger partial charge in [-0.15, -0.1) is 0 Å². The molecule has 0 fully saturated rings. The first-order valence-electron chi connectivity index (χ1n) is 8.47. The molecular weight excluding hydrogens is 370 g/mol. The maximum absolute atomic E-state index is 12.7. The summed E-state index contributed by atoms with van der Waals surface area (Å²) in [7, 11) is 0. The Morgan fingerprint density at radius 1 is 1.33 bits per heavy atom. The van der Waals surface area contributed by atoms with Crippen LogP contribution in [0.5, 0.6) is 11.5 Å². The highest BCUT2D eigenvalue weighted by Crippen LogP contribution is 2.34. The van der Waals surface area contributed by atoms with Gasteiger partial charge in [0.2, 0.25) is 5.91 Å². The third-order valence-corrected chi connectivity index (χ3v) is 5.60. The molecule has 5 rings (SSSR count). The molecule has 2 N–H and O–H groups in total. The number of amides is 1. The molecule has 1 amide bonds. The van der Waals surface area contributed by atoms with Gasteiger partial charge in [0.15, 0.2) is 22.3 Å². The van der Waals surface area contributed by atoms with E-state index in [4.69, 9.17) is 9.47 Å². The SMILES string of the molecule is O=C(CC1CSc2nc3[nH]ncc3c(=O)n21)Nc1ccc2c(c1)OCCO2. The maximum Gasteiger partial charge on any atom is 0.265 e. The second-order valence-electron chi connectivity index (χ2n) is 6.28. The monoisotopic (exact) mass is 385 g/mol. The minimum atomic E-state index is -0.249. The average Bonchev–Trinajstić information content (AvgIpc) is 3.29. The van der Waals surface area contributed by atoms with Crippen LogP contribution in [0, 0.1) is 0 Å². The lowest BCUT2D eigenvalue weighted by molar-refractivity contribution is -0.116. The van der Waals surface area contributed by atoms with Gasteiger partial charge in [-0.05, 0) is 12.1 Å². The Morgan fingerprint density at radius 2 is 2.19 bits per heavy atom. The summed E-state index contributed by atoms with van der Waals surface area (Å²) in [6, 6.07) is 5.04. The normalized spacial score (nSPS) is 17.7. The van der Waals surface area contributed by atoms with Crippen molar-refractivity contribution in [1.82, 2.24) is 19.7 Å². The van der Waals surface area contributed by atoms with E-state index in [1.807, 2.05) is 0 Å². The molecule has 0 bridgehead atoms. The van der Waals surface area contributed by atoms with Gasteiger partial charge in [-0.25, -0.2) is 4.98 Å². The fourth-order valence-electron chi connectivity index (χ4n) is 3.25. The number of benzene rings is 1. The molecular formula is C17H15N5O4S. The standard InChI is InChI=1S/C17H15N5O4S/c23-14(19-9-1-2-12-13(5-9)26-4-3-25-12)6-10-8-27-17-20-15-11(7-18-21-15)16(24)22(10)17/h1-2,5,7,10H,3-4,6,8H2,(H,18,21)(H,19,23). The summed E-state index contributed by atoms with van der Waals surface area (Å²) in [5.74, 6) is 1.73. The number of nitrogens with zero attached hydrogens (tertiary/aromatic N) is 3. The zero-order chi connectivity index (χ0) is 18.4. The van der Waals surface area contributed by atoms with Crippen LogP contribution in [-0.4, -0.2) is 44.6 Å². The Balaban J connectivity index is 1.35. The highest BCUT2D eigenvalue weighted by molar-refractivity contribution is 7.99. The molecule has 0 aliphatic carbocycles. The number of carbonyl (C=O) groups excluding carboxylic acids is 1. The Kier molecular flexibility index (Phi) is 3.78. The number of nitrogens with one attached hydrogen (secondary N) is 2. The van der Waals surface area contributed by atoms with E-state index in [0.717, 1.165) is 0 Å². The van der Waals surface area contributed by atoms with Crippen LogP contribution in [0.1, 0.15) is 12.5 Å². The molecule has 138 valence electrons. The fraction of sp³-hybridized carbons (Fsp3) is 0.294. The van der Waals surface area contributed by atoms with Crippen LogP contribution in [-0.2, 0) is 4.79 Å². The summed E-state index contributed by atoms with van der Waals surface area (Å²) < 4.78 is 12.6. The smallest absolute Gasteiger partial charge is 0.265 e. The summed E-state index contributed by atoms with van der Waals surface area (Å²) in [5.41, 5.74) is 0.928.